The lowest BCUT2D eigenvalue weighted by molar-refractivity contribution is 0.102. The number of hydrogen-bond acceptors (Lipinski definition) is 5. The summed E-state index contributed by atoms with van der Waals surface area (Å²) in [7, 11) is 2.16. The minimum absolute atomic E-state index is 0.255. The molecule has 1 amide bonds. The SMILES string of the molecule is CN1CCC[C@@H](CNc2ccc(C(=O)Nc3ccccc3)nn2)C1. The van der Waals surface area contributed by atoms with E-state index in [2.05, 4.69) is 32.8 Å². The van der Waals surface area contributed by atoms with Gasteiger partial charge in [-0.15, -0.1) is 10.2 Å². The lowest BCUT2D eigenvalue weighted by Crippen LogP contribution is -2.35. The van der Waals surface area contributed by atoms with E-state index in [1.54, 1.807) is 12.1 Å². The van der Waals surface area contributed by atoms with Crippen LogP contribution in [-0.2, 0) is 0 Å². The highest BCUT2D eigenvalue weighted by molar-refractivity contribution is 6.02. The third kappa shape index (κ3) is 4.52. The third-order valence-electron chi connectivity index (χ3n) is 4.22. The number of rotatable bonds is 5. The van der Waals surface area contributed by atoms with Crippen LogP contribution in [0.2, 0.25) is 0 Å². The average Bonchev–Trinajstić information content (AvgIpc) is 2.61. The smallest absolute Gasteiger partial charge is 0.276 e. The number of hydrogen-bond donors (Lipinski definition) is 2. The Bertz CT molecular complexity index is 659. The number of para-hydroxylation sites is 1. The van der Waals surface area contributed by atoms with Gasteiger partial charge in [0.25, 0.3) is 5.91 Å². The monoisotopic (exact) mass is 325 g/mol. The topological polar surface area (TPSA) is 70.2 Å². The molecule has 0 radical (unpaired) electrons. The molecule has 1 saturated heterocycles. The van der Waals surface area contributed by atoms with Crippen molar-refractivity contribution in [2.24, 2.45) is 5.92 Å². The van der Waals surface area contributed by atoms with Crippen LogP contribution in [0.15, 0.2) is 42.5 Å². The van der Waals surface area contributed by atoms with E-state index in [0.717, 1.165) is 18.8 Å². The molecule has 0 saturated carbocycles. The van der Waals surface area contributed by atoms with Crippen molar-refractivity contribution in [3.05, 3.63) is 48.2 Å². The second-order valence-electron chi connectivity index (χ2n) is 6.28. The molecule has 24 heavy (non-hydrogen) atoms. The molecule has 1 aliphatic heterocycles. The molecule has 1 aromatic heterocycles. The zero-order valence-corrected chi connectivity index (χ0v) is 13.9. The number of amides is 1. The quantitative estimate of drug-likeness (QED) is 0.884. The molecule has 1 aromatic carbocycles. The fourth-order valence-electron chi connectivity index (χ4n) is 2.95. The summed E-state index contributed by atoms with van der Waals surface area (Å²) >= 11 is 0. The number of carbonyl (C=O) groups excluding carboxylic acids is 1. The number of piperidine rings is 1. The maximum absolute atomic E-state index is 12.1. The molecule has 6 nitrogen and oxygen atoms in total. The first-order valence-corrected chi connectivity index (χ1v) is 8.33. The zero-order chi connectivity index (χ0) is 16.8. The fraction of sp³-hybridized carbons (Fsp3) is 0.389. The average molecular weight is 325 g/mol. The number of nitrogens with zero attached hydrogens (tertiary/aromatic N) is 3. The maximum Gasteiger partial charge on any atom is 0.276 e. The summed E-state index contributed by atoms with van der Waals surface area (Å²) in [5.74, 6) is 1.08. The number of aromatic nitrogens is 2. The molecular weight excluding hydrogens is 302 g/mol. The molecule has 0 aliphatic carbocycles. The Kier molecular flexibility index (Phi) is 5.38. The van der Waals surface area contributed by atoms with Gasteiger partial charge < -0.3 is 15.5 Å². The number of benzene rings is 1. The number of nitrogens with one attached hydrogen (secondary N) is 2. The summed E-state index contributed by atoms with van der Waals surface area (Å²) in [4.78, 5) is 14.5. The molecule has 0 unspecified atom stereocenters. The minimum atomic E-state index is -0.255. The Morgan fingerprint density at radius 3 is 2.75 bits per heavy atom. The largest absolute Gasteiger partial charge is 0.368 e. The van der Waals surface area contributed by atoms with Crippen LogP contribution in [-0.4, -0.2) is 47.7 Å². The maximum atomic E-state index is 12.1. The van der Waals surface area contributed by atoms with Gasteiger partial charge >= 0.3 is 0 Å². The molecule has 6 heteroatoms. The second-order valence-corrected chi connectivity index (χ2v) is 6.28. The van der Waals surface area contributed by atoms with Crippen molar-refractivity contribution in [2.75, 3.05) is 37.3 Å². The first-order chi connectivity index (χ1) is 11.7. The Balaban J connectivity index is 1.52. The molecule has 3 rings (SSSR count). The highest BCUT2D eigenvalue weighted by Gasteiger charge is 2.17. The first kappa shape index (κ1) is 16.4. The predicted molar refractivity (Wildman–Crippen MR) is 95.1 cm³/mol. The summed E-state index contributed by atoms with van der Waals surface area (Å²) < 4.78 is 0. The fourth-order valence-corrected chi connectivity index (χ4v) is 2.95. The van der Waals surface area contributed by atoms with Crippen LogP contribution in [0.4, 0.5) is 11.5 Å². The third-order valence-corrected chi connectivity index (χ3v) is 4.22. The normalized spacial score (nSPS) is 18.1. The van der Waals surface area contributed by atoms with E-state index < -0.39 is 0 Å². The van der Waals surface area contributed by atoms with Gasteiger partial charge in [-0.3, -0.25) is 4.79 Å². The summed E-state index contributed by atoms with van der Waals surface area (Å²) in [6.07, 6.45) is 2.48. The molecule has 2 aromatic rings. The van der Waals surface area contributed by atoms with E-state index in [1.807, 2.05) is 30.3 Å². The van der Waals surface area contributed by atoms with E-state index in [1.165, 1.54) is 19.4 Å². The van der Waals surface area contributed by atoms with Crippen LogP contribution in [0, 0.1) is 5.92 Å². The Morgan fingerprint density at radius 1 is 1.21 bits per heavy atom. The number of anilines is 2. The Hall–Kier alpha value is -2.47. The van der Waals surface area contributed by atoms with E-state index in [0.29, 0.717) is 17.4 Å². The van der Waals surface area contributed by atoms with Crippen LogP contribution in [0.1, 0.15) is 23.3 Å². The van der Waals surface area contributed by atoms with E-state index in [4.69, 9.17) is 0 Å². The van der Waals surface area contributed by atoms with E-state index >= 15 is 0 Å². The highest BCUT2D eigenvalue weighted by Crippen LogP contribution is 2.15. The zero-order valence-electron chi connectivity index (χ0n) is 13.9. The molecule has 1 atom stereocenters. The number of carbonyl (C=O) groups is 1. The number of likely N-dealkylation sites (tertiary alicyclic amines) is 1. The van der Waals surface area contributed by atoms with Crippen LogP contribution in [0.5, 0.6) is 0 Å². The standard InChI is InChI=1S/C18H23N5O/c1-23-11-5-6-14(13-23)12-19-17-10-9-16(21-22-17)18(24)20-15-7-3-2-4-8-15/h2-4,7-10,14H,5-6,11-13H2,1H3,(H,19,22)(H,20,24)/t14-/m0/s1. The Labute approximate surface area is 142 Å². The van der Waals surface area contributed by atoms with Crippen LogP contribution >= 0.6 is 0 Å². The summed E-state index contributed by atoms with van der Waals surface area (Å²) in [6, 6.07) is 12.8. The molecule has 0 spiro atoms. The van der Waals surface area contributed by atoms with Gasteiger partial charge in [0.1, 0.15) is 5.82 Å². The molecule has 0 bridgehead atoms. The lowest BCUT2D eigenvalue weighted by Gasteiger charge is -2.29. The first-order valence-electron chi connectivity index (χ1n) is 8.33. The van der Waals surface area contributed by atoms with Gasteiger partial charge in [-0.2, -0.15) is 0 Å². The predicted octanol–water partition coefficient (Wildman–Crippen LogP) is 2.48. The van der Waals surface area contributed by atoms with Gasteiger partial charge in [0.05, 0.1) is 0 Å². The van der Waals surface area contributed by atoms with E-state index in [9.17, 15) is 4.79 Å². The molecular formula is C18H23N5O. The van der Waals surface area contributed by atoms with Gasteiger partial charge in [0.15, 0.2) is 5.69 Å². The summed E-state index contributed by atoms with van der Waals surface area (Å²) in [5, 5.41) is 14.2. The van der Waals surface area contributed by atoms with Crippen molar-refractivity contribution in [1.29, 1.82) is 0 Å². The van der Waals surface area contributed by atoms with Crippen molar-refractivity contribution in [2.45, 2.75) is 12.8 Å². The van der Waals surface area contributed by atoms with Gasteiger partial charge in [0, 0.05) is 18.8 Å². The van der Waals surface area contributed by atoms with Crippen molar-refractivity contribution in [3.63, 3.8) is 0 Å². The molecule has 1 fully saturated rings. The van der Waals surface area contributed by atoms with Gasteiger partial charge in [-0.25, -0.2) is 0 Å². The summed E-state index contributed by atoms with van der Waals surface area (Å²) in [6.45, 7) is 3.17. The highest BCUT2D eigenvalue weighted by atomic mass is 16.1. The molecule has 126 valence electrons. The molecule has 1 aliphatic rings. The minimum Gasteiger partial charge on any atom is -0.368 e. The summed E-state index contributed by atoms with van der Waals surface area (Å²) in [5.41, 5.74) is 1.05. The van der Waals surface area contributed by atoms with Crippen molar-refractivity contribution in [1.82, 2.24) is 15.1 Å². The van der Waals surface area contributed by atoms with E-state index in [-0.39, 0.29) is 5.91 Å². The Morgan fingerprint density at radius 2 is 2.04 bits per heavy atom. The van der Waals surface area contributed by atoms with Crippen molar-refractivity contribution in [3.8, 4) is 0 Å². The van der Waals surface area contributed by atoms with Gasteiger partial charge in [0.2, 0.25) is 0 Å². The van der Waals surface area contributed by atoms with Gasteiger partial charge in [-0.1, -0.05) is 18.2 Å². The van der Waals surface area contributed by atoms with Crippen LogP contribution in [0.3, 0.4) is 0 Å². The van der Waals surface area contributed by atoms with Gasteiger partial charge in [-0.05, 0) is 56.6 Å². The second kappa shape index (κ2) is 7.88. The van der Waals surface area contributed by atoms with Crippen LogP contribution in [0.25, 0.3) is 0 Å². The van der Waals surface area contributed by atoms with Crippen LogP contribution < -0.4 is 10.6 Å². The van der Waals surface area contributed by atoms with Crippen molar-refractivity contribution >= 4 is 17.4 Å². The molecule has 2 heterocycles. The van der Waals surface area contributed by atoms with Crippen molar-refractivity contribution < 1.29 is 4.79 Å². The molecule has 2 N–H and O–H groups in total. The lowest BCUT2D eigenvalue weighted by atomic mass is 9.98.